The Morgan fingerprint density at radius 1 is 1.38 bits per heavy atom. The van der Waals surface area contributed by atoms with Gasteiger partial charge in [0.15, 0.2) is 0 Å². The number of nitrogens with zero attached hydrogens (tertiary/aromatic N) is 1. The van der Waals surface area contributed by atoms with Crippen molar-refractivity contribution in [3.63, 3.8) is 0 Å². The summed E-state index contributed by atoms with van der Waals surface area (Å²) in [6.07, 6.45) is 3.04. The van der Waals surface area contributed by atoms with Gasteiger partial charge in [-0.25, -0.2) is 4.79 Å². The monoisotopic (exact) mass is 392 g/mol. The van der Waals surface area contributed by atoms with Crippen LogP contribution >= 0.6 is 22.9 Å². The van der Waals surface area contributed by atoms with Gasteiger partial charge in [0.2, 0.25) is 0 Å². The van der Waals surface area contributed by atoms with Crippen LogP contribution in [0, 0.1) is 0 Å². The van der Waals surface area contributed by atoms with Gasteiger partial charge in [0.05, 0.1) is 18.7 Å². The number of urea groups is 1. The Bertz CT molecular complexity index is 684. The number of amides is 2. The number of hydrogen-bond acceptors (Lipinski definition) is 3. The Kier molecular flexibility index (Phi) is 6.94. The Labute approximate surface area is 164 Å². The maximum Gasteiger partial charge on any atom is 0.318 e. The van der Waals surface area contributed by atoms with Crippen LogP contribution in [0.2, 0.25) is 5.02 Å². The third-order valence-electron chi connectivity index (χ3n) is 4.64. The first-order valence-corrected chi connectivity index (χ1v) is 10.4. The number of thiophene rings is 1. The van der Waals surface area contributed by atoms with Gasteiger partial charge in [-0.2, -0.15) is 0 Å². The molecule has 1 aromatic carbocycles. The van der Waals surface area contributed by atoms with Crippen LogP contribution in [0.1, 0.15) is 42.7 Å². The van der Waals surface area contributed by atoms with Crippen molar-refractivity contribution in [2.75, 3.05) is 13.2 Å². The largest absolute Gasteiger partial charge is 0.376 e. The lowest BCUT2D eigenvalue weighted by atomic mass is 10.0. The fourth-order valence-corrected chi connectivity index (χ4v) is 4.05. The molecule has 2 heterocycles. The number of hydrogen-bond donors (Lipinski definition) is 1. The molecule has 1 fully saturated rings. The standard InChI is InChI=1S/C20H25ClN2O2S/c1-2-19(15-7-9-16(21)10-8-15)22-20(24)23(13-17-5-3-11-25-17)14-18-6-4-12-26-18/h4,6-10,12,17,19H,2-3,5,11,13-14H2,1H3,(H,22,24). The predicted octanol–water partition coefficient (Wildman–Crippen LogP) is 5.24. The third kappa shape index (κ3) is 5.22. The van der Waals surface area contributed by atoms with Crippen molar-refractivity contribution >= 4 is 29.0 Å². The van der Waals surface area contributed by atoms with Crippen molar-refractivity contribution < 1.29 is 9.53 Å². The SMILES string of the molecule is CCC(NC(=O)N(Cc1cccs1)CC1CCCO1)c1ccc(Cl)cc1. The minimum absolute atomic E-state index is 0.0323. The zero-order valence-electron chi connectivity index (χ0n) is 15.0. The van der Waals surface area contributed by atoms with E-state index in [0.717, 1.165) is 31.4 Å². The molecule has 1 aromatic heterocycles. The van der Waals surface area contributed by atoms with Gasteiger partial charge in [0.1, 0.15) is 0 Å². The first kappa shape index (κ1) is 19.2. The summed E-state index contributed by atoms with van der Waals surface area (Å²) in [4.78, 5) is 16.1. The third-order valence-corrected chi connectivity index (χ3v) is 5.75. The number of ether oxygens (including phenoxy) is 1. The van der Waals surface area contributed by atoms with Crippen molar-refractivity contribution in [2.24, 2.45) is 0 Å². The van der Waals surface area contributed by atoms with Gasteiger partial charge < -0.3 is 15.0 Å². The van der Waals surface area contributed by atoms with Crippen molar-refractivity contribution in [2.45, 2.75) is 44.9 Å². The minimum atomic E-state index is -0.0456. The van der Waals surface area contributed by atoms with Gasteiger partial charge in [-0.3, -0.25) is 0 Å². The summed E-state index contributed by atoms with van der Waals surface area (Å²) in [5.41, 5.74) is 1.07. The summed E-state index contributed by atoms with van der Waals surface area (Å²) < 4.78 is 5.75. The van der Waals surface area contributed by atoms with Crippen molar-refractivity contribution in [3.05, 3.63) is 57.2 Å². The maximum atomic E-state index is 13.0. The van der Waals surface area contributed by atoms with Crippen LogP contribution < -0.4 is 5.32 Å². The fraction of sp³-hybridized carbons (Fsp3) is 0.450. The van der Waals surface area contributed by atoms with Crippen LogP contribution in [0.4, 0.5) is 4.79 Å². The van der Waals surface area contributed by atoms with Crippen LogP contribution in [0.5, 0.6) is 0 Å². The maximum absolute atomic E-state index is 13.0. The lowest BCUT2D eigenvalue weighted by Gasteiger charge is -2.28. The summed E-state index contributed by atoms with van der Waals surface area (Å²) >= 11 is 7.65. The van der Waals surface area contributed by atoms with E-state index in [9.17, 15) is 4.79 Å². The molecule has 4 nitrogen and oxygen atoms in total. The van der Waals surface area contributed by atoms with E-state index in [-0.39, 0.29) is 18.2 Å². The molecule has 0 saturated carbocycles. The molecule has 1 aliphatic rings. The van der Waals surface area contributed by atoms with Gasteiger partial charge >= 0.3 is 6.03 Å². The number of rotatable bonds is 7. The van der Waals surface area contributed by atoms with E-state index in [0.29, 0.717) is 18.1 Å². The number of carbonyl (C=O) groups excluding carboxylic acids is 1. The van der Waals surface area contributed by atoms with E-state index < -0.39 is 0 Å². The van der Waals surface area contributed by atoms with Gasteiger partial charge in [-0.05, 0) is 48.4 Å². The molecule has 0 spiro atoms. The molecule has 1 N–H and O–H groups in total. The molecule has 6 heteroatoms. The van der Waals surface area contributed by atoms with Gasteiger partial charge in [0, 0.05) is 23.1 Å². The predicted molar refractivity (Wildman–Crippen MR) is 107 cm³/mol. The molecule has 0 bridgehead atoms. The summed E-state index contributed by atoms with van der Waals surface area (Å²) in [6, 6.07) is 11.7. The van der Waals surface area contributed by atoms with Crippen molar-refractivity contribution in [1.82, 2.24) is 10.2 Å². The highest BCUT2D eigenvalue weighted by Gasteiger charge is 2.24. The summed E-state index contributed by atoms with van der Waals surface area (Å²) in [7, 11) is 0. The zero-order chi connectivity index (χ0) is 18.4. The Hall–Kier alpha value is -1.56. The molecule has 26 heavy (non-hydrogen) atoms. The molecule has 2 aromatic rings. The van der Waals surface area contributed by atoms with Crippen LogP contribution in [0.3, 0.4) is 0 Å². The molecule has 1 saturated heterocycles. The van der Waals surface area contributed by atoms with E-state index in [2.05, 4.69) is 18.3 Å². The van der Waals surface area contributed by atoms with Crippen molar-refractivity contribution in [3.8, 4) is 0 Å². The van der Waals surface area contributed by atoms with Crippen LogP contribution in [-0.2, 0) is 11.3 Å². The summed E-state index contributed by atoms with van der Waals surface area (Å²) in [5, 5.41) is 5.93. The van der Waals surface area contributed by atoms with Gasteiger partial charge in [0.25, 0.3) is 0 Å². The number of halogens is 1. The first-order chi connectivity index (χ1) is 12.7. The second kappa shape index (κ2) is 9.40. The molecule has 1 aliphatic heterocycles. The lowest BCUT2D eigenvalue weighted by molar-refractivity contribution is 0.0791. The number of nitrogens with one attached hydrogen (secondary N) is 1. The van der Waals surface area contributed by atoms with Crippen LogP contribution in [0.15, 0.2) is 41.8 Å². The molecule has 0 radical (unpaired) electrons. The average Bonchev–Trinajstić information content (AvgIpc) is 3.34. The van der Waals surface area contributed by atoms with Crippen molar-refractivity contribution in [1.29, 1.82) is 0 Å². The van der Waals surface area contributed by atoms with E-state index in [1.54, 1.807) is 11.3 Å². The molecule has 2 atom stereocenters. The number of benzene rings is 1. The highest BCUT2D eigenvalue weighted by Crippen LogP contribution is 2.21. The highest BCUT2D eigenvalue weighted by molar-refractivity contribution is 7.09. The van der Waals surface area contributed by atoms with Crippen LogP contribution in [-0.4, -0.2) is 30.2 Å². The Balaban J connectivity index is 1.69. The topological polar surface area (TPSA) is 41.6 Å². The fourth-order valence-electron chi connectivity index (χ4n) is 3.20. The quantitative estimate of drug-likeness (QED) is 0.699. The molecule has 2 amide bonds. The highest BCUT2D eigenvalue weighted by atomic mass is 35.5. The average molecular weight is 393 g/mol. The van der Waals surface area contributed by atoms with E-state index in [4.69, 9.17) is 16.3 Å². The first-order valence-electron chi connectivity index (χ1n) is 9.10. The molecule has 3 rings (SSSR count). The minimum Gasteiger partial charge on any atom is -0.376 e. The second-order valence-corrected chi connectivity index (χ2v) is 8.03. The molecule has 0 aliphatic carbocycles. The van der Waals surface area contributed by atoms with E-state index in [1.807, 2.05) is 40.6 Å². The molecule has 2 unspecified atom stereocenters. The lowest BCUT2D eigenvalue weighted by Crippen LogP contribution is -2.44. The van der Waals surface area contributed by atoms with Gasteiger partial charge in [-0.15, -0.1) is 11.3 Å². The smallest absolute Gasteiger partial charge is 0.318 e. The zero-order valence-corrected chi connectivity index (χ0v) is 16.6. The summed E-state index contributed by atoms with van der Waals surface area (Å²) in [5.74, 6) is 0. The molecular weight excluding hydrogens is 368 g/mol. The van der Waals surface area contributed by atoms with Gasteiger partial charge in [-0.1, -0.05) is 36.7 Å². The van der Waals surface area contributed by atoms with E-state index in [1.165, 1.54) is 4.88 Å². The number of carbonyl (C=O) groups is 1. The summed E-state index contributed by atoms with van der Waals surface area (Å²) in [6.45, 7) is 4.10. The van der Waals surface area contributed by atoms with Crippen LogP contribution in [0.25, 0.3) is 0 Å². The molecular formula is C20H25ClN2O2S. The normalized spacial score (nSPS) is 17.8. The van der Waals surface area contributed by atoms with E-state index >= 15 is 0 Å². The molecule has 140 valence electrons. The Morgan fingerprint density at radius 3 is 2.81 bits per heavy atom. The Morgan fingerprint density at radius 2 is 2.19 bits per heavy atom. The second-order valence-electron chi connectivity index (χ2n) is 6.56.